The molecule has 0 aromatic carbocycles. The molecule has 1 unspecified atom stereocenters. The molecule has 0 rings (SSSR count). The van der Waals surface area contributed by atoms with E-state index < -0.39 is 5.97 Å². The van der Waals surface area contributed by atoms with Gasteiger partial charge in [0.1, 0.15) is 0 Å². The molecule has 0 heterocycles. The highest BCUT2D eigenvalue weighted by Crippen LogP contribution is 2.11. The molecule has 0 saturated carbocycles. The van der Waals surface area contributed by atoms with Crippen LogP contribution >= 0.6 is 11.8 Å². The van der Waals surface area contributed by atoms with E-state index in [0.29, 0.717) is 5.75 Å². The van der Waals surface area contributed by atoms with Crippen LogP contribution in [0.1, 0.15) is 39.5 Å². The topological polar surface area (TPSA) is 76.6 Å². The molecule has 86 valence electrons. The number of carboxylic acids is 1. The van der Waals surface area contributed by atoms with E-state index in [4.69, 9.17) is 0 Å². The molecule has 0 aliphatic rings. The smallest absolute Gasteiger partial charge is 0.0450 e. The summed E-state index contributed by atoms with van der Waals surface area (Å²) in [6.45, 7) is 3.89. The van der Waals surface area contributed by atoms with Gasteiger partial charge >= 0.3 is 0 Å². The minimum Gasteiger partial charge on any atom is -0.550 e. The molecule has 0 aromatic heterocycles. The maximum atomic E-state index is 10.3. The van der Waals surface area contributed by atoms with Crippen LogP contribution in [0.25, 0.3) is 0 Å². The van der Waals surface area contributed by atoms with Crippen LogP contribution in [0, 0.1) is 5.92 Å². The van der Waals surface area contributed by atoms with Gasteiger partial charge in [-0.05, 0) is 12.2 Å². The Morgan fingerprint density at radius 3 is 2.50 bits per heavy atom. The van der Waals surface area contributed by atoms with Crippen LogP contribution in [0.3, 0.4) is 0 Å². The largest absolute Gasteiger partial charge is 0.550 e. The van der Waals surface area contributed by atoms with Crippen molar-refractivity contribution in [2.24, 2.45) is 5.92 Å². The zero-order valence-corrected chi connectivity index (χ0v) is 10.4. The summed E-state index contributed by atoms with van der Waals surface area (Å²) in [5.74, 6) is 0.531. The zero-order chi connectivity index (χ0) is 10.1. The van der Waals surface area contributed by atoms with Crippen LogP contribution in [-0.4, -0.2) is 17.5 Å². The summed E-state index contributed by atoms with van der Waals surface area (Å²) in [6.07, 6.45) is 5.01. The number of thioether (sulfide) groups is 1. The first kappa shape index (κ1) is 16.2. The fraction of sp³-hybridized carbons (Fsp3) is 0.900. The Hall–Kier alpha value is -0.220. The van der Waals surface area contributed by atoms with Crippen molar-refractivity contribution in [1.29, 1.82) is 0 Å². The molecular formula is C10H23NO2S. The summed E-state index contributed by atoms with van der Waals surface area (Å²) in [5, 5.41) is 10.3. The van der Waals surface area contributed by atoms with Gasteiger partial charge in [-0.15, -0.1) is 0 Å². The van der Waals surface area contributed by atoms with E-state index in [1.165, 1.54) is 25.7 Å². The summed E-state index contributed by atoms with van der Waals surface area (Å²) in [5.41, 5.74) is 0. The Balaban J connectivity index is 0. The first-order valence-electron chi connectivity index (χ1n) is 4.97. The molecule has 1 atom stereocenters. The molecule has 0 aromatic rings. The van der Waals surface area contributed by atoms with Crippen molar-refractivity contribution in [2.45, 2.75) is 39.5 Å². The second kappa shape index (κ2) is 10.9. The lowest BCUT2D eigenvalue weighted by molar-refractivity contribution is -0.310. The molecule has 0 saturated heterocycles. The van der Waals surface area contributed by atoms with E-state index in [1.807, 2.05) is 0 Å². The van der Waals surface area contributed by atoms with Gasteiger partial charge in [0.05, 0.1) is 0 Å². The minimum atomic E-state index is -0.930. The van der Waals surface area contributed by atoms with Crippen LogP contribution in [0.4, 0.5) is 0 Å². The molecule has 0 spiro atoms. The van der Waals surface area contributed by atoms with E-state index in [9.17, 15) is 9.90 Å². The maximum Gasteiger partial charge on any atom is 0.0450 e. The van der Waals surface area contributed by atoms with Gasteiger partial charge in [-0.25, -0.2) is 0 Å². The highest BCUT2D eigenvalue weighted by molar-refractivity contribution is 7.99. The van der Waals surface area contributed by atoms with Crippen LogP contribution in [-0.2, 0) is 4.79 Å². The average Bonchev–Trinajstić information content (AvgIpc) is 2.10. The van der Waals surface area contributed by atoms with E-state index in [0.717, 1.165) is 5.75 Å². The Bertz CT molecular complexity index is 142. The minimum absolute atomic E-state index is 0. The SMILES string of the molecule is CCCCCCSCC(C)C(=O)[O-].[NH4+]. The predicted molar refractivity (Wildman–Crippen MR) is 61.6 cm³/mol. The monoisotopic (exact) mass is 221 g/mol. The van der Waals surface area contributed by atoms with Crippen molar-refractivity contribution in [3.8, 4) is 0 Å². The first-order chi connectivity index (χ1) is 6.18. The van der Waals surface area contributed by atoms with Gasteiger partial charge in [-0.1, -0.05) is 33.1 Å². The van der Waals surface area contributed by atoms with Crippen molar-refractivity contribution in [3.63, 3.8) is 0 Å². The Kier molecular flexibility index (Phi) is 12.6. The van der Waals surface area contributed by atoms with Crippen LogP contribution in [0.15, 0.2) is 0 Å². The van der Waals surface area contributed by atoms with Crippen molar-refractivity contribution in [2.75, 3.05) is 11.5 Å². The fourth-order valence-corrected chi connectivity index (χ4v) is 2.02. The lowest BCUT2D eigenvalue weighted by atomic mass is 10.2. The third-order valence-corrected chi connectivity index (χ3v) is 3.23. The summed E-state index contributed by atoms with van der Waals surface area (Å²) in [4.78, 5) is 10.3. The quantitative estimate of drug-likeness (QED) is 0.637. The number of hydrogen-bond donors (Lipinski definition) is 1. The number of rotatable bonds is 8. The zero-order valence-electron chi connectivity index (χ0n) is 9.54. The Morgan fingerprint density at radius 1 is 1.36 bits per heavy atom. The summed E-state index contributed by atoms with van der Waals surface area (Å²) in [7, 11) is 0. The van der Waals surface area contributed by atoms with Gasteiger partial charge in [0.2, 0.25) is 0 Å². The highest BCUT2D eigenvalue weighted by Gasteiger charge is 2.01. The number of aliphatic carboxylic acids is 1. The Morgan fingerprint density at radius 2 is 2.00 bits per heavy atom. The molecule has 0 aliphatic carbocycles. The third-order valence-electron chi connectivity index (χ3n) is 1.91. The number of carboxylic acid groups (broad SMARTS) is 1. The summed E-state index contributed by atoms with van der Waals surface area (Å²) in [6, 6.07) is 0. The van der Waals surface area contributed by atoms with Crippen LogP contribution in [0.5, 0.6) is 0 Å². The Labute approximate surface area is 91.2 Å². The van der Waals surface area contributed by atoms with Gasteiger partial charge in [0.15, 0.2) is 0 Å². The summed E-state index contributed by atoms with van der Waals surface area (Å²) < 4.78 is 0. The number of carbonyl (C=O) groups excluding carboxylic acids is 1. The van der Waals surface area contributed by atoms with E-state index in [-0.39, 0.29) is 12.1 Å². The number of quaternary nitrogens is 1. The number of unbranched alkanes of at least 4 members (excludes halogenated alkanes) is 3. The van der Waals surface area contributed by atoms with E-state index in [2.05, 4.69) is 6.92 Å². The van der Waals surface area contributed by atoms with Gasteiger partial charge in [-0.2, -0.15) is 11.8 Å². The summed E-state index contributed by atoms with van der Waals surface area (Å²) >= 11 is 1.72. The molecule has 3 nitrogen and oxygen atoms in total. The van der Waals surface area contributed by atoms with E-state index in [1.54, 1.807) is 18.7 Å². The average molecular weight is 221 g/mol. The second-order valence-electron chi connectivity index (χ2n) is 3.36. The maximum absolute atomic E-state index is 10.3. The second-order valence-corrected chi connectivity index (χ2v) is 4.51. The molecule has 4 heteroatoms. The lowest BCUT2D eigenvalue weighted by Gasteiger charge is -2.11. The molecule has 0 bridgehead atoms. The molecule has 0 fully saturated rings. The first-order valence-corrected chi connectivity index (χ1v) is 6.12. The lowest BCUT2D eigenvalue weighted by Crippen LogP contribution is -2.30. The van der Waals surface area contributed by atoms with Crippen molar-refractivity contribution >= 4 is 17.7 Å². The molecular weight excluding hydrogens is 198 g/mol. The predicted octanol–water partition coefficient (Wildman–Crippen LogP) is 2.06. The standard InChI is InChI=1S/C10H20O2S.H3N/c1-3-4-5-6-7-13-8-9(2)10(11)12;/h9H,3-8H2,1-2H3,(H,11,12);1H3. The van der Waals surface area contributed by atoms with Crippen LogP contribution < -0.4 is 11.3 Å². The van der Waals surface area contributed by atoms with Crippen molar-refractivity contribution in [1.82, 2.24) is 6.15 Å². The number of carbonyl (C=O) groups is 1. The van der Waals surface area contributed by atoms with Gasteiger partial charge in [0, 0.05) is 17.6 Å². The number of hydrogen-bond acceptors (Lipinski definition) is 3. The molecule has 4 N–H and O–H groups in total. The highest BCUT2D eigenvalue weighted by atomic mass is 32.2. The normalized spacial score (nSPS) is 11.9. The van der Waals surface area contributed by atoms with Gasteiger partial charge in [-0.3, -0.25) is 0 Å². The van der Waals surface area contributed by atoms with Crippen molar-refractivity contribution < 1.29 is 9.90 Å². The van der Waals surface area contributed by atoms with E-state index >= 15 is 0 Å². The molecule has 0 radical (unpaired) electrons. The fourth-order valence-electron chi connectivity index (χ4n) is 0.959. The van der Waals surface area contributed by atoms with Gasteiger partial charge < -0.3 is 16.1 Å². The molecule has 0 amide bonds. The molecule has 0 aliphatic heterocycles. The molecule has 14 heavy (non-hydrogen) atoms. The van der Waals surface area contributed by atoms with Crippen molar-refractivity contribution in [3.05, 3.63) is 0 Å². The van der Waals surface area contributed by atoms with Crippen LogP contribution in [0.2, 0.25) is 0 Å². The van der Waals surface area contributed by atoms with Gasteiger partial charge in [0.25, 0.3) is 0 Å². The third kappa shape index (κ3) is 9.86.